The number of nitrogens with zero attached hydrogens (tertiary/aromatic N) is 2. The fraction of sp³-hybridized carbons (Fsp3) is 0.300. The van der Waals surface area contributed by atoms with Crippen LogP contribution in [0.15, 0.2) is 12.1 Å². The number of nitro groups is 1. The maximum atomic E-state index is 13.8. The number of nitro benzene ring substituents is 1. The number of carbonyl (C=O) groups is 1. The number of alkyl halides is 1. The van der Waals surface area contributed by atoms with Gasteiger partial charge in [-0.15, -0.1) is 11.6 Å². The van der Waals surface area contributed by atoms with Gasteiger partial charge in [0.2, 0.25) is 11.7 Å². The second kappa shape index (κ2) is 4.29. The third-order valence-electron chi connectivity index (χ3n) is 2.69. The quantitative estimate of drug-likeness (QED) is 0.462. The van der Waals surface area contributed by atoms with E-state index in [0.717, 1.165) is 6.07 Å². The topological polar surface area (TPSA) is 63.5 Å². The molecule has 0 aromatic heterocycles. The van der Waals surface area contributed by atoms with Gasteiger partial charge in [0.1, 0.15) is 5.88 Å². The molecule has 0 fully saturated rings. The number of benzene rings is 1. The number of fused-ring (bicyclic) bond motifs is 1. The first-order chi connectivity index (χ1) is 8.06. The Hall–Kier alpha value is -1.69. The van der Waals surface area contributed by atoms with Gasteiger partial charge in [-0.3, -0.25) is 14.9 Å². The van der Waals surface area contributed by atoms with Crippen LogP contribution >= 0.6 is 11.6 Å². The van der Waals surface area contributed by atoms with Gasteiger partial charge in [0, 0.05) is 18.2 Å². The summed E-state index contributed by atoms with van der Waals surface area (Å²) in [5, 5.41) is 10.6. The van der Waals surface area contributed by atoms with Crippen molar-refractivity contribution in [2.75, 3.05) is 17.3 Å². The lowest BCUT2D eigenvalue weighted by Crippen LogP contribution is -2.29. The summed E-state index contributed by atoms with van der Waals surface area (Å²) >= 11 is 5.43. The smallest absolute Gasteiger partial charge is 0.305 e. The molecule has 7 heteroatoms. The summed E-state index contributed by atoms with van der Waals surface area (Å²) in [6, 6.07) is 2.45. The second-order valence-corrected chi connectivity index (χ2v) is 3.85. The molecule has 0 aliphatic carbocycles. The molecule has 0 radical (unpaired) electrons. The van der Waals surface area contributed by atoms with Gasteiger partial charge in [-0.1, -0.05) is 0 Å². The van der Waals surface area contributed by atoms with E-state index < -0.39 is 16.4 Å². The summed E-state index contributed by atoms with van der Waals surface area (Å²) in [7, 11) is 0. The average molecular weight is 259 g/mol. The minimum absolute atomic E-state index is 0.196. The number of anilines is 1. The molecule has 1 aromatic rings. The van der Waals surface area contributed by atoms with Gasteiger partial charge in [-0.2, -0.15) is 4.39 Å². The van der Waals surface area contributed by atoms with Crippen LogP contribution in [0.4, 0.5) is 15.8 Å². The predicted octanol–water partition coefficient (Wildman–Crippen LogP) is 1.86. The molecule has 1 aliphatic rings. The normalized spacial score (nSPS) is 13.6. The van der Waals surface area contributed by atoms with E-state index in [9.17, 15) is 19.3 Å². The maximum Gasteiger partial charge on any atom is 0.305 e. The molecule has 0 bridgehead atoms. The monoisotopic (exact) mass is 258 g/mol. The standard InChI is InChI=1S/C10H8ClFN2O3/c11-5-9(15)13-4-3-6-7(13)1-2-8(10(6)12)14(16)17/h1-2H,3-5H2. The molecule has 0 saturated carbocycles. The lowest BCUT2D eigenvalue weighted by molar-refractivity contribution is -0.387. The zero-order chi connectivity index (χ0) is 12.6. The molecule has 1 heterocycles. The Morgan fingerprint density at radius 2 is 2.29 bits per heavy atom. The third-order valence-corrected chi connectivity index (χ3v) is 2.91. The van der Waals surface area contributed by atoms with E-state index >= 15 is 0 Å². The molecule has 0 atom stereocenters. The van der Waals surface area contributed by atoms with Crippen molar-refractivity contribution in [3.05, 3.63) is 33.6 Å². The fourth-order valence-corrected chi connectivity index (χ4v) is 2.05. The molecule has 1 aromatic carbocycles. The molecule has 0 N–H and O–H groups in total. The fourth-order valence-electron chi connectivity index (χ4n) is 1.91. The highest BCUT2D eigenvalue weighted by atomic mass is 35.5. The minimum atomic E-state index is -0.864. The van der Waals surface area contributed by atoms with Crippen molar-refractivity contribution in [3.63, 3.8) is 0 Å². The summed E-state index contributed by atoms with van der Waals surface area (Å²) in [4.78, 5) is 22.6. The van der Waals surface area contributed by atoms with E-state index in [4.69, 9.17) is 11.6 Å². The van der Waals surface area contributed by atoms with Gasteiger partial charge in [0.15, 0.2) is 0 Å². The summed E-state index contributed by atoms with van der Waals surface area (Å²) in [6.45, 7) is 0.305. The number of hydrogen-bond donors (Lipinski definition) is 0. The first-order valence-electron chi connectivity index (χ1n) is 4.88. The zero-order valence-corrected chi connectivity index (χ0v) is 9.41. The van der Waals surface area contributed by atoms with E-state index in [1.54, 1.807) is 0 Å². The Morgan fingerprint density at radius 3 is 2.88 bits per heavy atom. The third kappa shape index (κ3) is 1.84. The lowest BCUT2D eigenvalue weighted by atomic mass is 10.1. The molecular weight excluding hydrogens is 251 g/mol. The van der Waals surface area contributed by atoms with E-state index in [1.165, 1.54) is 11.0 Å². The summed E-state index contributed by atoms with van der Waals surface area (Å²) in [5.41, 5.74) is 0.0142. The van der Waals surface area contributed by atoms with Gasteiger partial charge >= 0.3 is 5.69 Å². The SMILES string of the molecule is O=C(CCl)N1CCc2c1ccc([N+](=O)[O-])c2F. The molecule has 2 rings (SSSR count). The van der Waals surface area contributed by atoms with E-state index in [1.807, 2.05) is 0 Å². The molecule has 5 nitrogen and oxygen atoms in total. The first-order valence-corrected chi connectivity index (χ1v) is 5.41. The predicted molar refractivity (Wildman–Crippen MR) is 59.8 cm³/mol. The van der Waals surface area contributed by atoms with Gasteiger partial charge in [0.25, 0.3) is 0 Å². The van der Waals surface area contributed by atoms with Crippen molar-refractivity contribution in [3.8, 4) is 0 Å². The van der Waals surface area contributed by atoms with Crippen molar-refractivity contribution in [2.45, 2.75) is 6.42 Å². The van der Waals surface area contributed by atoms with E-state index in [2.05, 4.69) is 0 Å². The molecule has 0 spiro atoms. The molecule has 1 amide bonds. The van der Waals surface area contributed by atoms with Gasteiger partial charge < -0.3 is 4.90 Å². The Labute approximate surface area is 101 Å². The van der Waals surface area contributed by atoms with Gasteiger partial charge in [-0.05, 0) is 12.5 Å². The number of hydrogen-bond acceptors (Lipinski definition) is 3. The molecular formula is C10H8ClFN2O3. The second-order valence-electron chi connectivity index (χ2n) is 3.58. The van der Waals surface area contributed by atoms with Crippen LogP contribution in [-0.2, 0) is 11.2 Å². The van der Waals surface area contributed by atoms with Crippen LogP contribution in [0, 0.1) is 15.9 Å². The van der Waals surface area contributed by atoms with Crippen LogP contribution in [-0.4, -0.2) is 23.3 Å². The first kappa shape index (κ1) is 11.8. The largest absolute Gasteiger partial charge is 0.311 e. The van der Waals surface area contributed by atoms with Crippen molar-refractivity contribution in [1.82, 2.24) is 0 Å². The molecule has 0 saturated heterocycles. The van der Waals surface area contributed by atoms with Crippen LogP contribution in [0.1, 0.15) is 5.56 Å². The summed E-state index contributed by atoms with van der Waals surface area (Å²) in [6.07, 6.45) is 0.269. The van der Waals surface area contributed by atoms with E-state index in [-0.39, 0.29) is 23.8 Å². The van der Waals surface area contributed by atoms with Crippen LogP contribution in [0.25, 0.3) is 0 Å². The summed E-state index contributed by atoms with van der Waals surface area (Å²) in [5.74, 6) is -1.39. The van der Waals surface area contributed by atoms with Crippen LogP contribution in [0.5, 0.6) is 0 Å². The van der Waals surface area contributed by atoms with Crippen LogP contribution in [0.3, 0.4) is 0 Å². The molecule has 90 valence electrons. The lowest BCUT2D eigenvalue weighted by Gasteiger charge is -2.15. The van der Waals surface area contributed by atoms with Gasteiger partial charge in [0.05, 0.1) is 10.6 Å². The maximum absolute atomic E-state index is 13.8. The van der Waals surface area contributed by atoms with Crippen molar-refractivity contribution in [2.24, 2.45) is 0 Å². The van der Waals surface area contributed by atoms with Gasteiger partial charge in [-0.25, -0.2) is 0 Å². The molecule has 17 heavy (non-hydrogen) atoms. The van der Waals surface area contributed by atoms with Crippen molar-refractivity contribution in [1.29, 1.82) is 0 Å². The number of carbonyl (C=O) groups excluding carboxylic acids is 1. The Kier molecular flexibility index (Phi) is 2.97. The Bertz CT molecular complexity index is 507. The number of halogens is 2. The average Bonchev–Trinajstić information content (AvgIpc) is 2.72. The van der Waals surface area contributed by atoms with Crippen molar-refractivity contribution >= 4 is 28.9 Å². The van der Waals surface area contributed by atoms with Crippen molar-refractivity contribution < 1.29 is 14.1 Å². The van der Waals surface area contributed by atoms with E-state index in [0.29, 0.717) is 12.2 Å². The highest BCUT2D eigenvalue weighted by Gasteiger charge is 2.30. The molecule has 1 aliphatic heterocycles. The Balaban J connectivity index is 2.47. The highest BCUT2D eigenvalue weighted by molar-refractivity contribution is 6.29. The van der Waals surface area contributed by atoms with Crippen LogP contribution < -0.4 is 4.90 Å². The number of rotatable bonds is 2. The van der Waals surface area contributed by atoms with Crippen LogP contribution in [0.2, 0.25) is 0 Å². The number of amides is 1. The minimum Gasteiger partial charge on any atom is -0.311 e. The zero-order valence-electron chi connectivity index (χ0n) is 8.65. The summed E-state index contributed by atoms with van der Waals surface area (Å²) < 4.78 is 13.8. The Morgan fingerprint density at radius 1 is 1.59 bits per heavy atom. The highest BCUT2D eigenvalue weighted by Crippen LogP contribution is 2.34. The molecule has 0 unspecified atom stereocenters.